The third-order valence-corrected chi connectivity index (χ3v) is 1.36. The van der Waals surface area contributed by atoms with Crippen LogP contribution < -0.4 is 5.73 Å². The second kappa shape index (κ2) is 3.49. The molecule has 2 N–H and O–H groups in total. The molecule has 0 aliphatic rings. The molecule has 1 aromatic rings. The summed E-state index contributed by atoms with van der Waals surface area (Å²) in [5, 5.41) is 3.40. The molecule has 0 aliphatic carbocycles. The number of nitrogen functional groups attached to an aromatic ring is 1. The second-order valence-electron chi connectivity index (χ2n) is 2.09. The molecule has 0 unspecified atom stereocenters. The number of azide groups is 1. The van der Waals surface area contributed by atoms with Crippen molar-refractivity contribution in [2.75, 3.05) is 5.73 Å². The van der Waals surface area contributed by atoms with Crippen molar-refractivity contribution in [2.45, 2.75) is 6.54 Å². The van der Waals surface area contributed by atoms with E-state index in [4.69, 9.17) is 11.3 Å². The quantitative estimate of drug-likeness (QED) is 0.296. The van der Waals surface area contributed by atoms with Gasteiger partial charge in [-0.15, -0.1) is 0 Å². The zero-order valence-electron chi connectivity index (χ0n) is 5.94. The zero-order valence-corrected chi connectivity index (χ0v) is 5.94. The van der Waals surface area contributed by atoms with Crippen LogP contribution in [-0.4, -0.2) is 0 Å². The maximum absolute atomic E-state index is 8.04. The number of hydrogen-bond donors (Lipinski definition) is 1. The Morgan fingerprint density at radius 2 is 2.18 bits per heavy atom. The smallest absolute Gasteiger partial charge is 0.0531 e. The number of anilines is 1. The molecule has 0 saturated heterocycles. The van der Waals surface area contributed by atoms with Crippen molar-refractivity contribution in [3.63, 3.8) is 0 Å². The van der Waals surface area contributed by atoms with E-state index in [2.05, 4.69) is 10.0 Å². The van der Waals surface area contributed by atoms with Gasteiger partial charge in [0.25, 0.3) is 0 Å². The van der Waals surface area contributed by atoms with Gasteiger partial charge in [0, 0.05) is 10.6 Å². The molecular formula is C7H8N4. The van der Waals surface area contributed by atoms with Gasteiger partial charge in [0.15, 0.2) is 0 Å². The third-order valence-electron chi connectivity index (χ3n) is 1.36. The van der Waals surface area contributed by atoms with Crippen LogP contribution in [0.5, 0.6) is 0 Å². The minimum Gasteiger partial charge on any atom is -0.399 e. The van der Waals surface area contributed by atoms with Crippen LogP contribution in [0.2, 0.25) is 0 Å². The topological polar surface area (TPSA) is 74.8 Å². The maximum Gasteiger partial charge on any atom is 0.0531 e. The van der Waals surface area contributed by atoms with Gasteiger partial charge in [0.05, 0.1) is 6.54 Å². The third kappa shape index (κ3) is 1.88. The molecule has 0 aliphatic heterocycles. The van der Waals surface area contributed by atoms with Crippen LogP contribution in [0.15, 0.2) is 29.4 Å². The van der Waals surface area contributed by atoms with E-state index in [1.165, 1.54) is 0 Å². The Hall–Kier alpha value is -1.67. The Kier molecular flexibility index (Phi) is 2.36. The summed E-state index contributed by atoms with van der Waals surface area (Å²) in [7, 11) is 0. The molecule has 0 heterocycles. The summed E-state index contributed by atoms with van der Waals surface area (Å²) < 4.78 is 0. The fourth-order valence-electron chi connectivity index (χ4n) is 0.786. The van der Waals surface area contributed by atoms with Crippen LogP contribution in [0.25, 0.3) is 10.4 Å². The number of para-hydroxylation sites is 1. The summed E-state index contributed by atoms with van der Waals surface area (Å²) >= 11 is 0. The number of rotatable bonds is 2. The van der Waals surface area contributed by atoms with Crippen LogP contribution in [-0.2, 0) is 6.54 Å². The van der Waals surface area contributed by atoms with E-state index in [0.29, 0.717) is 12.2 Å². The first kappa shape index (κ1) is 7.44. The average molecular weight is 148 g/mol. The van der Waals surface area contributed by atoms with Gasteiger partial charge in [-0.3, -0.25) is 0 Å². The van der Waals surface area contributed by atoms with E-state index >= 15 is 0 Å². The molecule has 0 spiro atoms. The van der Waals surface area contributed by atoms with Gasteiger partial charge in [0.1, 0.15) is 0 Å². The first-order valence-corrected chi connectivity index (χ1v) is 3.19. The molecular weight excluding hydrogens is 140 g/mol. The van der Waals surface area contributed by atoms with Crippen molar-refractivity contribution in [2.24, 2.45) is 5.11 Å². The van der Waals surface area contributed by atoms with Gasteiger partial charge in [-0.1, -0.05) is 23.3 Å². The molecule has 4 nitrogen and oxygen atoms in total. The van der Waals surface area contributed by atoms with Crippen LogP contribution in [0.4, 0.5) is 5.69 Å². The number of nitrogens with two attached hydrogens (primary N) is 1. The number of benzene rings is 1. The highest BCUT2D eigenvalue weighted by Gasteiger charge is 1.93. The summed E-state index contributed by atoms with van der Waals surface area (Å²) in [5.74, 6) is 0. The highest BCUT2D eigenvalue weighted by molar-refractivity contribution is 5.46. The van der Waals surface area contributed by atoms with Gasteiger partial charge in [-0.2, -0.15) is 0 Å². The van der Waals surface area contributed by atoms with Crippen molar-refractivity contribution in [1.29, 1.82) is 0 Å². The lowest BCUT2D eigenvalue weighted by molar-refractivity contribution is 1.05. The molecule has 0 amide bonds. The minimum absolute atomic E-state index is 0.323. The molecule has 56 valence electrons. The highest BCUT2D eigenvalue weighted by atomic mass is 15.1. The normalized spacial score (nSPS) is 8.73. The summed E-state index contributed by atoms with van der Waals surface area (Å²) in [5.41, 5.74) is 15.1. The molecule has 0 aromatic heterocycles. The summed E-state index contributed by atoms with van der Waals surface area (Å²) in [4.78, 5) is 2.64. The average Bonchev–Trinajstić information content (AvgIpc) is 2.03. The second-order valence-corrected chi connectivity index (χ2v) is 2.09. The lowest BCUT2D eigenvalue weighted by atomic mass is 10.2. The van der Waals surface area contributed by atoms with Gasteiger partial charge in [-0.05, 0) is 17.2 Å². The van der Waals surface area contributed by atoms with E-state index in [1.54, 1.807) is 6.07 Å². The summed E-state index contributed by atoms with van der Waals surface area (Å²) in [6.45, 7) is 0.323. The standard InChI is InChI=1S/C7H8N4/c8-7-4-2-1-3-6(7)5-10-11-9/h1-4H,5,8H2. The highest BCUT2D eigenvalue weighted by Crippen LogP contribution is 2.10. The van der Waals surface area contributed by atoms with E-state index in [0.717, 1.165) is 5.56 Å². The Balaban J connectivity index is 2.85. The lowest BCUT2D eigenvalue weighted by Gasteiger charge is -1.98. The van der Waals surface area contributed by atoms with Crippen molar-refractivity contribution in [1.82, 2.24) is 0 Å². The van der Waals surface area contributed by atoms with Gasteiger partial charge in [0.2, 0.25) is 0 Å². The van der Waals surface area contributed by atoms with Crippen LogP contribution in [0.3, 0.4) is 0 Å². The van der Waals surface area contributed by atoms with Crippen LogP contribution in [0, 0.1) is 0 Å². The number of hydrogen-bond acceptors (Lipinski definition) is 2. The lowest BCUT2D eigenvalue weighted by Crippen LogP contribution is -1.90. The Morgan fingerprint density at radius 1 is 1.45 bits per heavy atom. The maximum atomic E-state index is 8.04. The van der Waals surface area contributed by atoms with Crippen LogP contribution in [0.1, 0.15) is 5.56 Å². The van der Waals surface area contributed by atoms with E-state index in [-0.39, 0.29) is 0 Å². The molecule has 1 rings (SSSR count). The zero-order chi connectivity index (χ0) is 8.10. The number of nitrogens with zero attached hydrogens (tertiary/aromatic N) is 3. The Bertz CT molecular complexity index is 288. The molecule has 0 radical (unpaired) electrons. The predicted octanol–water partition coefficient (Wildman–Crippen LogP) is 2.08. The van der Waals surface area contributed by atoms with Gasteiger partial charge >= 0.3 is 0 Å². The molecule has 4 heteroatoms. The Labute approximate surface area is 64.3 Å². The molecule has 0 atom stereocenters. The van der Waals surface area contributed by atoms with Gasteiger partial charge < -0.3 is 5.73 Å². The Morgan fingerprint density at radius 3 is 2.82 bits per heavy atom. The molecule has 0 bridgehead atoms. The van der Waals surface area contributed by atoms with Crippen molar-refractivity contribution < 1.29 is 0 Å². The monoisotopic (exact) mass is 148 g/mol. The first-order chi connectivity index (χ1) is 5.34. The van der Waals surface area contributed by atoms with Gasteiger partial charge in [-0.25, -0.2) is 0 Å². The molecule has 1 aromatic carbocycles. The summed E-state index contributed by atoms with van der Waals surface area (Å²) in [6, 6.07) is 7.32. The van der Waals surface area contributed by atoms with Crippen molar-refractivity contribution in [3.05, 3.63) is 40.3 Å². The van der Waals surface area contributed by atoms with E-state index in [1.807, 2.05) is 18.2 Å². The SMILES string of the molecule is [N-]=[N+]=NCc1ccccc1N. The fraction of sp³-hybridized carbons (Fsp3) is 0.143. The molecule has 0 saturated carbocycles. The minimum atomic E-state index is 0.323. The molecule has 0 fully saturated rings. The molecule has 11 heavy (non-hydrogen) atoms. The summed E-state index contributed by atoms with van der Waals surface area (Å²) in [6.07, 6.45) is 0. The van der Waals surface area contributed by atoms with Crippen molar-refractivity contribution >= 4 is 5.69 Å². The van der Waals surface area contributed by atoms with Crippen LogP contribution >= 0.6 is 0 Å². The fourth-order valence-corrected chi connectivity index (χ4v) is 0.786. The largest absolute Gasteiger partial charge is 0.399 e. The van der Waals surface area contributed by atoms with E-state index in [9.17, 15) is 0 Å². The predicted molar refractivity (Wildman–Crippen MR) is 43.7 cm³/mol. The van der Waals surface area contributed by atoms with Crippen molar-refractivity contribution in [3.8, 4) is 0 Å². The van der Waals surface area contributed by atoms with E-state index < -0.39 is 0 Å². The first-order valence-electron chi connectivity index (χ1n) is 3.19.